The first-order chi connectivity index (χ1) is 14.2. The molecule has 4 rings (SSSR count). The fraction of sp³-hybridized carbons (Fsp3) is 0.440. The number of fused-ring (bicyclic) bond motifs is 1. The number of carbonyl (C=O) groups is 2. The molecule has 1 amide bonds. The molecule has 0 saturated heterocycles. The SMILES string of the molecule is CC1(c2ccccc2)CCCC1.CN.O=CNC1CCCc2cc(C=O)ccc21. The van der Waals surface area contributed by atoms with Crippen molar-refractivity contribution in [2.75, 3.05) is 7.05 Å². The largest absolute Gasteiger partial charge is 0.352 e. The molecule has 1 unspecified atom stereocenters. The van der Waals surface area contributed by atoms with Gasteiger partial charge in [0, 0.05) is 5.56 Å². The third kappa shape index (κ3) is 6.01. The Morgan fingerprint density at radius 1 is 1.00 bits per heavy atom. The first-order valence-electron chi connectivity index (χ1n) is 10.6. The van der Waals surface area contributed by atoms with Gasteiger partial charge in [-0.3, -0.25) is 9.59 Å². The molecule has 4 nitrogen and oxygen atoms in total. The van der Waals surface area contributed by atoms with Gasteiger partial charge in [-0.1, -0.05) is 62.2 Å². The van der Waals surface area contributed by atoms with E-state index in [0.717, 1.165) is 37.5 Å². The van der Waals surface area contributed by atoms with Crippen LogP contribution in [0.3, 0.4) is 0 Å². The summed E-state index contributed by atoms with van der Waals surface area (Å²) in [6, 6.07) is 16.7. The third-order valence-electron chi connectivity index (χ3n) is 6.06. The van der Waals surface area contributed by atoms with Crippen LogP contribution in [0.15, 0.2) is 48.5 Å². The van der Waals surface area contributed by atoms with E-state index in [1.165, 1.54) is 43.9 Å². The summed E-state index contributed by atoms with van der Waals surface area (Å²) in [7, 11) is 1.50. The van der Waals surface area contributed by atoms with E-state index < -0.39 is 0 Å². The van der Waals surface area contributed by atoms with Gasteiger partial charge in [0.1, 0.15) is 6.29 Å². The van der Waals surface area contributed by atoms with Crippen LogP contribution in [0.5, 0.6) is 0 Å². The van der Waals surface area contributed by atoms with Crippen LogP contribution in [0.25, 0.3) is 0 Å². The van der Waals surface area contributed by atoms with Crippen LogP contribution in [-0.4, -0.2) is 19.7 Å². The third-order valence-corrected chi connectivity index (χ3v) is 6.06. The molecule has 2 aliphatic carbocycles. The van der Waals surface area contributed by atoms with Crippen molar-refractivity contribution in [2.45, 2.75) is 63.3 Å². The number of aldehydes is 1. The molecule has 1 fully saturated rings. The van der Waals surface area contributed by atoms with Crippen molar-refractivity contribution >= 4 is 12.7 Å². The average Bonchev–Trinajstić information content (AvgIpc) is 3.24. The van der Waals surface area contributed by atoms with E-state index in [2.05, 4.69) is 48.3 Å². The minimum Gasteiger partial charge on any atom is -0.352 e. The molecule has 0 heterocycles. The normalized spacial score (nSPS) is 18.8. The first kappa shape index (κ1) is 22.8. The predicted molar refractivity (Wildman–Crippen MR) is 119 cm³/mol. The highest BCUT2D eigenvalue weighted by Crippen LogP contribution is 2.40. The van der Waals surface area contributed by atoms with E-state index in [9.17, 15) is 9.59 Å². The number of nitrogens with two attached hydrogens (primary N) is 1. The standard InChI is InChI=1S/C12H13NO2.C12H16.CH5N/c14-7-9-4-5-11-10(6-9)2-1-3-12(11)13-8-15;1-12(9-5-6-10-12)11-7-3-2-4-8-11;1-2/h4-8,12H,1-3H2,(H,13,15);2-4,7-8H,5-6,9-10H2,1H3;2H2,1H3. The number of carbonyl (C=O) groups excluding carboxylic acids is 2. The van der Waals surface area contributed by atoms with Crippen LogP contribution in [0.1, 0.15) is 78.5 Å². The lowest BCUT2D eigenvalue weighted by Gasteiger charge is -2.25. The first-order valence-corrected chi connectivity index (χ1v) is 10.6. The van der Waals surface area contributed by atoms with Gasteiger partial charge in [0.2, 0.25) is 6.41 Å². The summed E-state index contributed by atoms with van der Waals surface area (Å²) in [6.07, 6.45) is 10.2. The van der Waals surface area contributed by atoms with Gasteiger partial charge < -0.3 is 11.1 Å². The molecule has 156 valence electrons. The molecule has 0 bridgehead atoms. The zero-order valence-electron chi connectivity index (χ0n) is 17.7. The van der Waals surface area contributed by atoms with Crippen molar-refractivity contribution in [2.24, 2.45) is 5.73 Å². The second-order valence-electron chi connectivity index (χ2n) is 7.94. The van der Waals surface area contributed by atoms with Gasteiger partial charge in [-0.05, 0) is 67.3 Å². The Labute approximate surface area is 174 Å². The molecular weight excluding hydrogens is 360 g/mol. The van der Waals surface area contributed by atoms with Crippen LogP contribution >= 0.6 is 0 Å². The van der Waals surface area contributed by atoms with E-state index in [1.54, 1.807) is 6.07 Å². The lowest BCUT2D eigenvalue weighted by molar-refractivity contribution is -0.110. The van der Waals surface area contributed by atoms with Gasteiger partial charge >= 0.3 is 0 Å². The topological polar surface area (TPSA) is 72.2 Å². The maximum atomic E-state index is 10.6. The number of benzene rings is 2. The average molecular weight is 395 g/mol. The summed E-state index contributed by atoms with van der Waals surface area (Å²) in [6.45, 7) is 2.40. The number of hydrogen-bond donors (Lipinski definition) is 2. The smallest absolute Gasteiger partial charge is 0.207 e. The van der Waals surface area contributed by atoms with Gasteiger partial charge in [0.05, 0.1) is 6.04 Å². The van der Waals surface area contributed by atoms with Gasteiger partial charge in [-0.25, -0.2) is 0 Å². The van der Waals surface area contributed by atoms with Gasteiger partial charge in [-0.2, -0.15) is 0 Å². The number of nitrogens with one attached hydrogen (secondary N) is 1. The highest BCUT2D eigenvalue weighted by atomic mass is 16.1. The quantitative estimate of drug-likeness (QED) is 0.737. The number of amides is 1. The molecular formula is C25H34N2O2. The van der Waals surface area contributed by atoms with E-state index in [1.807, 2.05) is 12.1 Å². The van der Waals surface area contributed by atoms with Gasteiger partial charge in [0.25, 0.3) is 0 Å². The minimum atomic E-state index is 0.118. The summed E-state index contributed by atoms with van der Waals surface area (Å²) in [5, 5.41) is 2.81. The van der Waals surface area contributed by atoms with Crippen molar-refractivity contribution in [1.29, 1.82) is 0 Å². The molecule has 0 aromatic heterocycles. The highest BCUT2D eigenvalue weighted by Gasteiger charge is 2.29. The second-order valence-corrected chi connectivity index (χ2v) is 7.94. The fourth-order valence-electron chi connectivity index (χ4n) is 4.45. The van der Waals surface area contributed by atoms with E-state index in [-0.39, 0.29) is 6.04 Å². The summed E-state index contributed by atoms with van der Waals surface area (Å²) in [5.74, 6) is 0. The Morgan fingerprint density at radius 3 is 2.31 bits per heavy atom. The Kier molecular flexibility index (Phi) is 9.07. The van der Waals surface area contributed by atoms with E-state index >= 15 is 0 Å². The van der Waals surface area contributed by atoms with Crippen molar-refractivity contribution < 1.29 is 9.59 Å². The second kappa shape index (κ2) is 11.5. The molecule has 1 saturated carbocycles. The van der Waals surface area contributed by atoms with Crippen LogP contribution in [0.4, 0.5) is 0 Å². The molecule has 0 radical (unpaired) electrons. The van der Waals surface area contributed by atoms with Crippen molar-refractivity contribution in [3.63, 3.8) is 0 Å². The summed E-state index contributed by atoms with van der Waals surface area (Å²) in [5.41, 5.74) is 9.56. The van der Waals surface area contributed by atoms with E-state index in [0.29, 0.717) is 11.0 Å². The van der Waals surface area contributed by atoms with Crippen molar-refractivity contribution in [3.05, 3.63) is 70.8 Å². The van der Waals surface area contributed by atoms with Crippen LogP contribution in [0, 0.1) is 0 Å². The maximum absolute atomic E-state index is 10.6. The van der Waals surface area contributed by atoms with Crippen LogP contribution in [-0.2, 0) is 16.6 Å². The monoisotopic (exact) mass is 394 g/mol. The summed E-state index contributed by atoms with van der Waals surface area (Å²) in [4.78, 5) is 21.1. The van der Waals surface area contributed by atoms with Crippen molar-refractivity contribution in [1.82, 2.24) is 5.32 Å². The molecule has 3 N–H and O–H groups in total. The summed E-state index contributed by atoms with van der Waals surface area (Å²) >= 11 is 0. The number of aryl methyl sites for hydroxylation is 1. The lowest BCUT2D eigenvalue weighted by atomic mass is 9.81. The summed E-state index contributed by atoms with van der Waals surface area (Å²) < 4.78 is 0. The zero-order chi connectivity index (χ0) is 21.1. The number of rotatable bonds is 4. The molecule has 29 heavy (non-hydrogen) atoms. The van der Waals surface area contributed by atoms with Gasteiger partial charge in [-0.15, -0.1) is 0 Å². The van der Waals surface area contributed by atoms with Crippen LogP contribution < -0.4 is 11.1 Å². The van der Waals surface area contributed by atoms with Crippen molar-refractivity contribution in [3.8, 4) is 0 Å². The molecule has 0 spiro atoms. The fourth-order valence-corrected chi connectivity index (χ4v) is 4.45. The van der Waals surface area contributed by atoms with E-state index in [4.69, 9.17) is 0 Å². The van der Waals surface area contributed by atoms with Crippen LogP contribution in [0.2, 0.25) is 0 Å². The Balaban J connectivity index is 0.000000194. The maximum Gasteiger partial charge on any atom is 0.207 e. The Bertz CT molecular complexity index is 768. The molecule has 2 aliphatic rings. The number of hydrogen-bond acceptors (Lipinski definition) is 3. The molecule has 1 atom stereocenters. The highest BCUT2D eigenvalue weighted by molar-refractivity contribution is 5.75. The Hall–Kier alpha value is -2.46. The molecule has 0 aliphatic heterocycles. The predicted octanol–water partition coefficient (Wildman–Crippen LogP) is 4.72. The Morgan fingerprint density at radius 2 is 1.69 bits per heavy atom. The molecule has 2 aromatic rings. The molecule has 4 heteroatoms. The minimum absolute atomic E-state index is 0.118. The lowest BCUT2D eigenvalue weighted by Crippen LogP contribution is -2.23. The zero-order valence-corrected chi connectivity index (χ0v) is 17.7. The molecule has 2 aromatic carbocycles. The van der Waals surface area contributed by atoms with Gasteiger partial charge in [0.15, 0.2) is 0 Å².